The monoisotopic (exact) mass is 255 g/mol. The summed E-state index contributed by atoms with van der Waals surface area (Å²) in [6, 6.07) is 3.22. The highest BCUT2D eigenvalue weighted by molar-refractivity contribution is 7.10. The van der Waals surface area contributed by atoms with Gasteiger partial charge in [-0.2, -0.15) is 0 Å². The summed E-state index contributed by atoms with van der Waals surface area (Å²) in [4.78, 5) is 24.2. The van der Waals surface area contributed by atoms with Crippen molar-refractivity contribution < 1.29 is 14.3 Å². The number of rotatable bonds is 5. The number of ether oxygens (including phenoxy) is 1. The van der Waals surface area contributed by atoms with E-state index in [9.17, 15) is 9.59 Å². The van der Waals surface area contributed by atoms with Gasteiger partial charge in [-0.3, -0.25) is 4.79 Å². The Kier molecular flexibility index (Phi) is 5.15. The molecule has 1 heterocycles. The zero-order chi connectivity index (χ0) is 12.8. The standard InChI is InChI=1S/C12H17NO3S/c1-8(2)11(12(15)16-3)13-10(14)7-9-5-4-6-17-9/h4-6,8,11H,7H2,1-3H3,(H,13,14)/t11-/m1/s1. The van der Waals surface area contributed by atoms with Crippen LogP contribution < -0.4 is 5.32 Å². The summed E-state index contributed by atoms with van der Waals surface area (Å²) in [7, 11) is 1.32. The van der Waals surface area contributed by atoms with E-state index in [-0.39, 0.29) is 11.8 Å². The van der Waals surface area contributed by atoms with Crippen LogP contribution >= 0.6 is 11.3 Å². The lowest BCUT2D eigenvalue weighted by atomic mass is 10.0. The number of carbonyl (C=O) groups excluding carboxylic acids is 2. The van der Waals surface area contributed by atoms with Crippen LogP contribution in [0.1, 0.15) is 18.7 Å². The zero-order valence-electron chi connectivity index (χ0n) is 10.2. The molecule has 0 aromatic carbocycles. The smallest absolute Gasteiger partial charge is 0.328 e. The number of esters is 1. The molecule has 1 atom stereocenters. The fourth-order valence-corrected chi connectivity index (χ4v) is 2.12. The normalized spacial score (nSPS) is 12.2. The van der Waals surface area contributed by atoms with Gasteiger partial charge in [0, 0.05) is 4.88 Å². The van der Waals surface area contributed by atoms with Gasteiger partial charge in [-0.1, -0.05) is 19.9 Å². The second-order valence-electron chi connectivity index (χ2n) is 4.07. The van der Waals surface area contributed by atoms with Gasteiger partial charge in [0.1, 0.15) is 6.04 Å². The minimum Gasteiger partial charge on any atom is -0.467 e. The van der Waals surface area contributed by atoms with Gasteiger partial charge in [-0.05, 0) is 17.4 Å². The Hall–Kier alpha value is -1.36. The van der Waals surface area contributed by atoms with Crippen molar-refractivity contribution in [3.63, 3.8) is 0 Å². The van der Waals surface area contributed by atoms with E-state index in [2.05, 4.69) is 10.1 Å². The molecule has 0 radical (unpaired) electrons. The van der Waals surface area contributed by atoms with Crippen molar-refractivity contribution in [1.82, 2.24) is 5.32 Å². The van der Waals surface area contributed by atoms with Crippen LogP contribution in [0.3, 0.4) is 0 Å². The molecule has 0 spiro atoms. The molecule has 0 unspecified atom stereocenters. The Morgan fingerprint density at radius 3 is 2.65 bits per heavy atom. The highest BCUT2D eigenvalue weighted by Crippen LogP contribution is 2.10. The molecular formula is C12H17NO3S. The number of amides is 1. The number of carbonyl (C=O) groups is 2. The van der Waals surface area contributed by atoms with Gasteiger partial charge in [0.05, 0.1) is 13.5 Å². The number of thiophene rings is 1. The Bertz CT molecular complexity index is 373. The first-order valence-corrected chi connectivity index (χ1v) is 6.32. The maximum atomic E-state index is 11.7. The van der Waals surface area contributed by atoms with Crippen LogP contribution in [-0.2, 0) is 20.7 Å². The molecule has 1 aromatic heterocycles. The Morgan fingerprint density at radius 1 is 1.47 bits per heavy atom. The van der Waals surface area contributed by atoms with Gasteiger partial charge in [-0.15, -0.1) is 11.3 Å². The molecule has 1 amide bonds. The molecule has 0 bridgehead atoms. The van der Waals surface area contributed by atoms with E-state index in [1.165, 1.54) is 18.4 Å². The minimum atomic E-state index is -0.576. The molecule has 1 rings (SSSR count). The highest BCUT2D eigenvalue weighted by Gasteiger charge is 2.24. The van der Waals surface area contributed by atoms with Gasteiger partial charge in [-0.25, -0.2) is 4.79 Å². The number of hydrogen-bond donors (Lipinski definition) is 1. The lowest BCUT2D eigenvalue weighted by Crippen LogP contribution is -2.45. The summed E-state index contributed by atoms with van der Waals surface area (Å²) < 4.78 is 4.66. The van der Waals surface area contributed by atoms with Crippen molar-refractivity contribution >= 4 is 23.2 Å². The van der Waals surface area contributed by atoms with Crippen molar-refractivity contribution in [1.29, 1.82) is 0 Å². The van der Waals surface area contributed by atoms with E-state index in [0.717, 1.165) is 4.88 Å². The molecular weight excluding hydrogens is 238 g/mol. The number of hydrogen-bond acceptors (Lipinski definition) is 4. The van der Waals surface area contributed by atoms with Crippen LogP contribution in [0.2, 0.25) is 0 Å². The highest BCUT2D eigenvalue weighted by atomic mass is 32.1. The average molecular weight is 255 g/mol. The van der Waals surface area contributed by atoms with E-state index < -0.39 is 12.0 Å². The molecule has 0 aliphatic carbocycles. The van der Waals surface area contributed by atoms with Crippen molar-refractivity contribution in [2.45, 2.75) is 26.3 Å². The first-order chi connectivity index (χ1) is 8.04. The van der Waals surface area contributed by atoms with E-state index in [1.54, 1.807) is 0 Å². The first-order valence-electron chi connectivity index (χ1n) is 5.44. The Balaban J connectivity index is 2.55. The first kappa shape index (κ1) is 13.7. The van der Waals surface area contributed by atoms with Gasteiger partial charge < -0.3 is 10.1 Å². The van der Waals surface area contributed by atoms with E-state index in [1.807, 2.05) is 31.4 Å². The lowest BCUT2D eigenvalue weighted by Gasteiger charge is -2.19. The predicted molar refractivity (Wildman–Crippen MR) is 66.8 cm³/mol. The number of methoxy groups -OCH3 is 1. The second-order valence-corrected chi connectivity index (χ2v) is 5.10. The molecule has 1 N–H and O–H groups in total. The largest absolute Gasteiger partial charge is 0.467 e. The third kappa shape index (κ3) is 4.19. The average Bonchev–Trinajstić information content (AvgIpc) is 2.77. The van der Waals surface area contributed by atoms with E-state index in [0.29, 0.717) is 6.42 Å². The fourth-order valence-electron chi connectivity index (χ4n) is 1.42. The predicted octanol–water partition coefficient (Wildman–Crippen LogP) is 1.60. The SMILES string of the molecule is COC(=O)[C@H](NC(=O)Cc1cccs1)C(C)C. The number of nitrogens with one attached hydrogen (secondary N) is 1. The molecule has 4 nitrogen and oxygen atoms in total. The van der Waals surface area contributed by atoms with Crippen molar-refractivity contribution in [3.05, 3.63) is 22.4 Å². The molecule has 0 saturated heterocycles. The second kappa shape index (κ2) is 6.39. The van der Waals surface area contributed by atoms with Crippen LogP contribution in [0.25, 0.3) is 0 Å². The van der Waals surface area contributed by atoms with Gasteiger partial charge in [0.2, 0.25) is 5.91 Å². The topological polar surface area (TPSA) is 55.4 Å². The molecule has 0 aliphatic rings. The van der Waals surface area contributed by atoms with Crippen LogP contribution in [0.4, 0.5) is 0 Å². The third-order valence-electron chi connectivity index (χ3n) is 2.35. The van der Waals surface area contributed by atoms with Crippen LogP contribution in [0, 0.1) is 5.92 Å². The van der Waals surface area contributed by atoms with Gasteiger partial charge >= 0.3 is 5.97 Å². The summed E-state index contributed by atoms with van der Waals surface area (Å²) in [6.45, 7) is 3.74. The van der Waals surface area contributed by atoms with Crippen molar-refractivity contribution in [3.8, 4) is 0 Å². The lowest BCUT2D eigenvalue weighted by molar-refractivity contribution is -0.146. The Labute approximate surface area is 105 Å². The molecule has 0 fully saturated rings. The maximum Gasteiger partial charge on any atom is 0.328 e. The molecule has 0 saturated carbocycles. The maximum absolute atomic E-state index is 11.7. The summed E-state index contributed by atoms with van der Waals surface area (Å²) in [5, 5.41) is 4.62. The van der Waals surface area contributed by atoms with E-state index in [4.69, 9.17) is 0 Å². The van der Waals surface area contributed by atoms with Gasteiger partial charge in [0.25, 0.3) is 0 Å². The summed E-state index contributed by atoms with van der Waals surface area (Å²) in [5.74, 6) is -0.550. The summed E-state index contributed by atoms with van der Waals surface area (Å²) in [5.41, 5.74) is 0. The minimum absolute atomic E-state index is 0.00901. The van der Waals surface area contributed by atoms with Crippen molar-refractivity contribution in [2.24, 2.45) is 5.92 Å². The summed E-state index contributed by atoms with van der Waals surface area (Å²) >= 11 is 1.52. The Morgan fingerprint density at radius 2 is 2.18 bits per heavy atom. The molecule has 5 heteroatoms. The van der Waals surface area contributed by atoms with Crippen LogP contribution in [-0.4, -0.2) is 25.0 Å². The molecule has 1 aromatic rings. The molecule has 94 valence electrons. The molecule has 0 aliphatic heterocycles. The van der Waals surface area contributed by atoms with E-state index >= 15 is 0 Å². The van der Waals surface area contributed by atoms with Crippen molar-refractivity contribution in [2.75, 3.05) is 7.11 Å². The zero-order valence-corrected chi connectivity index (χ0v) is 11.0. The fraction of sp³-hybridized carbons (Fsp3) is 0.500. The van der Waals surface area contributed by atoms with Crippen LogP contribution in [0.15, 0.2) is 17.5 Å². The quantitative estimate of drug-likeness (QED) is 0.813. The molecule has 17 heavy (non-hydrogen) atoms. The van der Waals surface area contributed by atoms with Crippen LogP contribution in [0.5, 0.6) is 0 Å². The van der Waals surface area contributed by atoms with Gasteiger partial charge in [0.15, 0.2) is 0 Å². The third-order valence-corrected chi connectivity index (χ3v) is 3.23. The summed E-state index contributed by atoms with van der Waals surface area (Å²) in [6.07, 6.45) is 0.303.